The first-order chi connectivity index (χ1) is 8.74. The first-order valence-electron chi connectivity index (χ1n) is 5.14. The van der Waals surface area contributed by atoms with E-state index >= 15 is 0 Å². The van der Waals surface area contributed by atoms with Crippen LogP contribution in [-0.4, -0.2) is 37.4 Å². The van der Waals surface area contributed by atoms with Crippen LogP contribution in [0.3, 0.4) is 0 Å². The number of hydrogen-bond acceptors (Lipinski definition) is 6. The Morgan fingerprint density at radius 3 is 3.11 bits per heavy atom. The Hall–Kier alpha value is -1.67. The van der Waals surface area contributed by atoms with Crippen molar-refractivity contribution in [3.8, 4) is 10.7 Å². The van der Waals surface area contributed by atoms with Crippen molar-refractivity contribution >= 4 is 34.8 Å². The van der Waals surface area contributed by atoms with Gasteiger partial charge in [-0.2, -0.15) is 9.78 Å². The number of carboxylic acids is 1. The number of fused-ring (bicyclic) bond motifs is 1. The van der Waals surface area contributed by atoms with Gasteiger partial charge in [0.2, 0.25) is 5.16 Å². The molecule has 3 heterocycles. The molecule has 0 atom stereocenters. The van der Waals surface area contributed by atoms with Crippen LogP contribution in [0.1, 0.15) is 6.42 Å². The predicted octanol–water partition coefficient (Wildman–Crippen LogP) is 1.79. The zero-order valence-corrected chi connectivity index (χ0v) is 10.7. The number of rotatable bonds is 3. The van der Waals surface area contributed by atoms with Crippen molar-refractivity contribution in [1.29, 1.82) is 0 Å². The smallest absolute Gasteiger partial charge is 0.309 e. The van der Waals surface area contributed by atoms with Gasteiger partial charge in [-0.3, -0.25) is 4.79 Å². The second kappa shape index (κ2) is 4.54. The highest BCUT2D eigenvalue weighted by Crippen LogP contribution is 2.29. The number of carboxylic acid groups (broad SMARTS) is 1. The normalized spacial score (nSPS) is 14.1. The quantitative estimate of drug-likeness (QED) is 0.927. The fourth-order valence-electron chi connectivity index (χ4n) is 1.58. The molecule has 1 aliphatic heterocycles. The summed E-state index contributed by atoms with van der Waals surface area (Å²) in [7, 11) is 0. The maximum Gasteiger partial charge on any atom is 0.309 e. The van der Waals surface area contributed by atoms with Gasteiger partial charge in [-0.25, -0.2) is 0 Å². The second-order valence-electron chi connectivity index (χ2n) is 3.62. The van der Waals surface area contributed by atoms with Gasteiger partial charge in [-0.1, -0.05) is 17.8 Å². The Morgan fingerprint density at radius 1 is 1.50 bits per heavy atom. The van der Waals surface area contributed by atoms with E-state index in [1.165, 1.54) is 11.8 Å². The zero-order chi connectivity index (χ0) is 12.5. The predicted molar refractivity (Wildman–Crippen MR) is 69.1 cm³/mol. The van der Waals surface area contributed by atoms with E-state index in [4.69, 9.17) is 5.11 Å². The molecule has 1 aliphatic rings. The van der Waals surface area contributed by atoms with Gasteiger partial charge in [0.1, 0.15) is 0 Å². The lowest BCUT2D eigenvalue weighted by Gasteiger charge is -2.11. The fraction of sp³-hybridized carbons (Fsp3) is 0.200. The summed E-state index contributed by atoms with van der Waals surface area (Å²) in [6.07, 6.45) is -0.0471. The third-order valence-corrected chi connectivity index (χ3v) is 4.17. The molecule has 1 N–H and O–H groups in total. The van der Waals surface area contributed by atoms with Gasteiger partial charge < -0.3 is 5.11 Å². The van der Waals surface area contributed by atoms with Gasteiger partial charge >= 0.3 is 5.97 Å². The van der Waals surface area contributed by atoms with E-state index in [0.29, 0.717) is 22.4 Å². The first-order valence-corrected chi connectivity index (χ1v) is 7.01. The lowest BCUT2D eigenvalue weighted by molar-refractivity contribution is -0.135. The van der Waals surface area contributed by atoms with E-state index in [0.717, 1.165) is 4.88 Å². The van der Waals surface area contributed by atoms with Crippen molar-refractivity contribution in [3.63, 3.8) is 0 Å². The number of hydrogen-bond donors (Lipinski definition) is 1. The lowest BCUT2D eigenvalue weighted by atomic mass is 10.3. The van der Waals surface area contributed by atoms with Crippen molar-refractivity contribution < 1.29 is 9.90 Å². The molecule has 0 aromatic carbocycles. The van der Waals surface area contributed by atoms with E-state index in [1.54, 1.807) is 16.0 Å². The standard InChI is InChI=1S/C10H8N4O2S2/c15-8(16)4-6-5-18-10-12-11-9(14(10)13-6)7-2-1-3-17-7/h1-3H,4-5H2,(H,15,16). The topological polar surface area (TPSA) is 80.4 Å². The second-order valence-corrected chi connectivity index (χ2v) is 5.51. The van der Waals surface area contributed by atoms with Crippen LogP contribution in [0.2, 0.25) is 0 Å². The molecular formula is C10H8N4O2S2. The Kier molecular flexibility index (Phi) is 2.88. The number of thiophene rings is 1. The van der Waals surface area contributed by atoms with Crippen LogP contribution in [0.4, 0.5) is 0 Å². The van der Waals surface area contributed by atoms with E-state index in [1.807, 2.05) is 17.5 Å². The number of carbonyl (C=O) groups is 1. The summed E-state index contributed by atoms with van der Waals surface area (Å²) in [6.45, 7) is 0. The Balaban J connectivity index is 2.01. The van der Waals surface area contributed by atoms with Crippen LogP contribution in [0.5, 0.6) is 0 Å². The fourth-order valence-corrected chi connectivity index (χ4v) is 3.08. The molecule has 0 saturated heterocycles. The van der Waals surface area contributed by atoms with Gasteiger partial charge in [0.15, 0.2) is 5.82 Å². The molecule has 0 aliphatic carbocycles. The molecule has 0 unspecified atom stereocenters. The maximum atomic E-state index is 10.7. The molecule has 0 bridgehead atoms. The van der Waals surface area contributed by atoms with Crippen LogP contribution < -0.4 is 0 Å². The molecular weight excluding hydrogens is 272 g/mol. The zero-order valence-electron chi connectivity index (χ0n) is 9.11. The summed E-state index contributed by atoms with van der Waals surface area (Å²) < 4.78 is 1.62. The van der Waals surface area contributed by atoms with Gasteiger partial charge in [0.05, 0.1) is 17.0 Å². The number of aliphatic carboxylic acids is 1. The highest BCUT2D eigenvalue weighted by Gasteiger charge is 2.21. The number of thioether (sulfide) groups is 1. The lowest BCUT2D eigenvalue weighted by Crippen LogP contribution is -2.16. The molecule has 2 aromatic rings. The SMILES string of the molecule is O=C(O)CC1=Nn2c(nnc2-c2cccs2)SC1. The van der Waals surface area contributed by atoms with Crippen molar-refractivity contribution in [2.75, 3.05) is 5.75 Å². The molecule has 3 rings (SSSR count). The molecule has 0 radical (unpaired) electrons. The van der Waals surface area contributed by atoms with E-state index < -0.39 is 5.97 Å². The van der Waals surface area contributed by atoms with E-state index in [9.17, 15) is 4.79 Å². The minimum atomic E-state index is -0.872. The first kappa shape index (κ1) is 11.4. The average molecular weight is 280 g/mol. The summed E-state index contributed by atoms with van der Waals surface area (Å²) in [5.41, 5.74) is 0.623. The number of aromatic nitrogens is 3. The van der Waals surface area contributed by atoms with Crippen LogP contribution in [-0.2, 0) is 4.79 Å². The summed E-state index contributed by atoms with van der Waals surface area (Å²) in [6, 6.07) is 3.87. The van der Waals surface area contributed by atoms with Gasteiger partial charge in [0, 0.05) is 5.75 Å². The molecule has 8 heteroatoms. The minimum absolute atomic E-state index is 0.0471. The summed E-state index contributed by atoms with van der Waals surface area (Å²) in [5, 5.41) is 23.9. The molecule has 0 saturated carbocycles. The summed E-state index contributed by atoms with van der Waals surface area (Å²) in [5.74, 6) is 0.341. The highest BCUT2D eigenvalue weighted by molar-refractivity contribution is 7.99. The van der Waals surface area contributed by atoms with Crippen LogP contribution in [0.15, 0.2) is 27.8 Å². The van der Waals surface area contributed by atoms with E-state index in [-0.39, 0.29) is 6.42 Å². The average Bonchev–Trinajstić information content (AvgIpc) is 2.94. The largest absolute Gasteiger partial charge is 0.481 e. The Labute approximate surface area is 110 Å². The molecule has 6 nitrogen and oxygen atoms in total. The van der Waals surface area contributed by atoms with Crippen LogP contribution in [0.25, 0.3) is 10.7 Å². The monoisotopic (exact) mass is 280 g/mol. The minimum Gasteiger partial charge on any atom is -0.481 e. The van der Waals surface area contributed by atoms with Crippen molar-refractivity contribution in [3.05, 3.63) is 17.5 Å². The highest BCUT2D eigenvalue weighted by atomic mass is 32.2. The Bertz CT molecular complexity index is 618. The molecule has 18 heavy (non-hydrogen) atoms. The maximum absolute atomic E-state index is 10.7. The molecule has 0 amide bonds. The van der Waals surface area contributed by atoms with Crippen molar-refractivity contribution in [2.24, 2.45) is 5.10 Å². The number of nitrogens with zero attached hydrogens (tertiary/aromatic N) is 4. The van der Waals surface area contributed by atoms with Crippen molar-refractivity contribution in [1.82, 2.24) is 14.9 Å². The third-order valence-electron chi connectivity index (χ3n) is 2.32. The summed E-state index contributed by atoms with van der Waals surface area (Å²) in [4.78, 5) is 11.7. The van der Waals surface area contributed by atoms with Crippen LogP contribution in [0, 0.1) is 0 Å². The molecule has 2 aromatic heterocycles. The molecule has 92 valence electrons. The van der Waals surface area contributed by atoms with Gasteiger partial charge in [-0.15, -0.1) is 21.5 Å². The van der Waals surface area contributed by atoms with Gasteiger partial charge in [0.25, 0.3) is 0 Å². The Morgan fingerprint density at radius 2 is 2.39 bits per heavy atom. The van der Waals surface area contributed by atoms with Crippen molar-refractivity contribution in [2.45, 2.75) is 11.6 Å². The van der Waals surface area contributed by atoms with Crippen LogP contribution >= 0.6 is 23.1 Å². The molecule has 0 spiro atoms. The molecule has 0 fully saturated rings. The van der Waals surface area contributed by atoms with Gasteiger partial charge in [-0.05, 0) is 11.4 Å². The summed E-state index contributed by atoms with van der Waals surface area (Å²) >= 11 is 3.01. The van der Waals surface area contributed by atoms with E-state index in [2.05, 4.69) is 15.3 Å². The third kappa shape index (κ3) is 2.04.